The second-order valence-electron chi connectivity index (χ2n) is 6.85. The number of nitrogens with zero attached hydrogens (tertiary/aromatic N) is 1. The van der Waals surface area contributed by atoms with Crippen LogP contribution in [0.2, 0.25) is 0 Å². The van der Waals surface area contributed by atoms with E-state index in [4.69, 9.17) is 0 Å². The van der Waals surface area contributed by atoms with E-state index in [2.05, 4.69) is 5.32 Å². The summed E-state index contributed by atoms with van der Waals surface area (Å²) in [5.41, 5.74) is 1.46. The maximum atomic E-state index is 12.9. The van der Waals surface area contributed by atoms with Crippen molar-refractivity contribution in [2.75, 3.05) is 23.7 Å². The smallest absolute Gasteiger partial charge is 0.240 e. The summed E-state index contributed by atoms with van der Waals surface area (Å²) in [6.07, 6.45) is 2.46. The molecule has 0 aliphatic heterocycles. The summed E-state index contributed by atoms with van der Waals surface area (Å²) in [5.74, 6) is -0.654. The van der Waals surface area contributed by atoms with Gasteiger partial charge in [-0.05, 0) is 42.0 Å². The van der Waals surface area contributed by atoms with E-state index in [0.29, 0.717) is 25.1 Å². The number of hydrogen-bond acceptors (Lipinski definition) is 3. The fourth-order valence-electron chi connectivity index (χ4n) is 3.16. The number of hydrogen-bond donors (Lipinski definition) is 1. The number of halogens is 1. The maximum absolute atomic E-state index is 12.9. The molecule has 0 aliphatic carbocycles. The number of benzene rings is 3. The van der Waals surface area contributed by atoms with E-state index in [9.17, 15) is 17.6 Å². The quantitative estimate of drug-likeness (QED) is 0.574. The second kappa shape index (κ2) is 9.05. The van der Waals surface area contributed by atoms with E-state index >= 15 is 0 Å². The molecule has 0 saturated carbocycles. The minimum atomic E-state index is -3.65. The van der Waals surface area contributed by atoms with Gasteiger partial charge in [-0.3, -0.25) is 9.10 Å². The van der Waals surface area contributed by atoms with Crippen LogP contribution in [-0.4, -0.2) is 33.7 Å². The van der Waals surface area contributed by atoms with Crippen LogP contribution in [0.1, 0.15) is 12.0 Å². The van der Waals surface area contributed by atoms with E-state index < -0.39 is 10.0 Å². The van der Waals surface area contributed by atoms with Crippen LogP contribution < -0.4 is 9.62 Å². The number of fused-ring (bicyclic) bond motifs is 1. The fraction of sp³-hybridized carbons (Fsp3) is 0.227. The first kappa shape index (κ1) is 20.8. The van der Waals surface area contributed by atoms with Gasteiger partial charge in [0.05, 0.1) is 11.9 Å². The standard InChI is InChI=1S/C22H23FN2O3S/c1-29(27,28)25(21-10-4-8-18-7-2-3-9-20(18)21)16-22(26)24-15-5-6-17-11-13-19(23)14-12-17/h2-4,7-14H,5-6,15-16H2,1H3,(H,24,26). The summed E-state index contributed by atoms with van der Waals surface area (Å²) in [6.45, 7) is 0.118. The normalized spacial score (nSPS) is 11.4. The molecule has 1 amide bonds. The van der Waals surface area contributed by atoms with E-state index in [0.717, 1.165) is 26.9 Å². The van der Waals surface area contributed by atoms with Gasteiger partial charge in [0.1, 0.15) is 12.4 Å². The van der Waals surface area contributed by atoms with Crippen molar-refractivity contribution in [3.8, 4) is 0 Å². The molecule has 0 aromatic heterocycles. The lowest BCUT2D eigenvalue weighted by atomic mass is 10.1. The number of rotatable bonds is 8. The maximum Gasteiger partial charge on any atom is 0.240 e. The molecule has 0 atom stereocenters. The minimum Gasteiger partial charge on any atom is -0.355 e. The molecule has 3 aromatic carbocycles. The van der Waals surface area contributed by atoms with E-state index in [1.54, 1.807) is 24.3 Å². The molecule has 5 nitrogen and oxygen atoms in total. The van der Waals surface area contributed by atoms with Crippen molar-refractivity contribution in [2.24, 2.45) is 0 Å². The molecule has 3 aromatic rings. The summed E-state index contributed by atoms with van der Waals surface area (Å²) >= 11 is 0. The molecule has 0 aliphatic rings. The molecule has 7 heteroatoms. The zero-order chi connectivity index (χ0) is 20.9. The highest BCUT2D eigenvalue weighted by molar-refractivity contribution is 7.92. The molecule has 1 N–H and O–H groups in total. The number of sulfonamides is 1. The zero-order valence-corrected chi connectivity index (χ0v) is 17.0. The third kappa shape index (κ3) is 5.54. The van der Waals surface area contributed by atoms with Gasteiger partial charge in [0.15, 0.2) is 0 Å². The molecule has 0 saturated heterocycles. The van der Waals surface area contributed by atoms with E-state index in [1.807, 2.05) is 30.3 Å². The molecule has 0 bridgehead atoms. The van der Waals surface area contributed by atoms with Crippen molar-refractivity contribution < 1.29 is 17.6 Å². The van der Waals surface area contributed by atoms with Gasteiger partial charge in [0.2, 0.25) is 15.9 Å². The van der Waals surface area contributed by atoms with Crippen LogP contribution in [0.5, 0.6) is 0 Å². The SMILES string of the molecule is CS(=O)(=O)N(CC(=O)NCCCc1ccc(F)cc1)c1cccc2ccccc12. The molecule has 0 spiro atoms. The van der Waals surface area contributed by atoms with Crippen LogP contribution in [0.25, 0.3) is 10.8 Å². The number of aryl methyl sites for hydroxylation is 1. The first-order valence-corrected chi connectivity index (χ1v) is 11.2. The number of anilines is 1. The Kier molecular flexibility index (Phi) is 6.49. The van der Waals surface area contributed by atoms with Crippen molar-refractivity contribution in [2.45, 2.75) is 12.8 Å². The highest BCUT2D eigenvalue weighted by Gasteiger charge is 2.22. The lowest BCUT2D eigenvalue weighted by Crippen LogP contribution is -2.40. The number of carbonyl (C=O) groups excluding carboxylic acids is 1. The fourth-order valence-corrected chi connectivity index (χ4v) is 4.03. The van der Waals surface area contributed by atoms with E-state index in [-0.39, 0.29) is 18.3 Å². The first-order valence-electron chi connectivity index (χ1n) is 9.31. The van der Waals surface area contributed by atoms with Crippen molar-refractivity contribution in [3.63, 3.8) is 0 Å². The number of nitrogens with one attached hydrogen (secondary N) is 1. The Morgan fingerprint density at radius 3 is 2.41 bits per heavy atom. The summed E-state index contributed by atoms with van der Waals surface area (Å²) < 4.78 is 38.8. The molecule has 3 rings (SSSR count). The van der Waals surface area contributed by atoms with Gasteiger partial charge in [-0.2, -0.15) is 0 Å². The second-order valence-corrected chi connectivity index (χ2v) is 8.75. The third-order valence-electron chi connectivity index (χ3n) is 4.60. The molecule has 0 unspecified atom stereocenters. The predicted molar refractivity (Wildman–Crippen MR) is 114 cm³/mol. The monoisotopic (exact) mass is 414 g/mol. The Bertz CT molecular complexity index is 1090. The van der Waals surface area contributed by atoms with Gasteiger partial charge in [-0.15, -0.1) is 0 Å². The summed E-state index contributed by atoms with van der Waals surface area (Å²) in [7, 11) is -3.65. The number of carbonyl (C=O) groups is 1. The first-order chi connectivity index (χ1) is 13.8. The van der Waals surface area contributed by atoms with E-state index in [1.165, 1.54) is 12.1 Å². The van der Waals surface area contributed by atoms with Crippen LogP contribution >= 0.6 is 0 Å². The lowest BCUT2D eigenvalue weighted by molar-refractivity contribution is -0.119. The summed E-state index contributed by atoms with van der Waals surface area (Å²) in [5, 5.41) is 4.43. The molecular weight excluding hydrogens is 391 g/mol. The molecule has 29 heavy (non-hydrogen) atoms. The molecule has 0 fully saturated rings. The largest absolute Gasteiger partial charge is 0.355 e. The van der Waals surface area contributed by atoms with Crippen LogP contribution in [0, 0.1) is 5.82 Å². The molecular formula is C22H23FN2O3S. The predicted octanol–water partition coefficient (Wildman–Crippen LogP) is 3.49. The molecule has 0 heterocycles. The van der Waals surface area contributed by atoms with Gasteiger partial charge in [-0.1, -0.05) is 48.5 Å². The van der Waals surface area contributed by atoms with Gasteiger partial charge >= 0.3 is 0 Å². The van der Waals surface area contributed by atoms with Crippen molar-refractivity contribution in [1.82, 2.24) is 5.32 Å². The Morgan fingerprint density at radius 2 is 1.69 bits per heavy atom. The number of amides is 1. The van der Waals surface area contributed by atoms with Crippen molar-refractivity contribution in [3.05, 3.63) is 78.1 Å². The highest BCUT2D eigenvalue weighted by Crippen LogP contribution is 2.28. The Morgan fingerprint density at radius 1 is 1.00 bits per heavy atom. The Hall–Kier alpha value is -2.93. The summed E-state index contributed by atoms with van der Waals surface area (Å²) in [6, 6.07) is 19.1. The average Bonchev–Trinajstić information content (AvgIpc) is 2.69. The topological polar surface area (TPSA) is 66.5 Å². The van der Waals surface area contributed by atoms with Crippen LogP contribution in [-0.2, 0) is 21.2 Å². The molecule has 0 radical (unpaired) electrons. The Labute approximate surface area is 170 Å². The van der Waals surface area contributed by atoms with Crippen LogP contribution in [0.4, 0.5) is 10.1 Å². The van der Waals surface area contributed by atoms with Gasteiger partial charge < -0.3 is 5.32 Å². The van der Waals surface area contributed by atoms with Crippen molar-refractivity contribution in [1.29, 1.82) is 0 Å². The molecule has 152 valence electrons. The third-order valence-corrected chi connectivity index (χ3v) is 5.73. The summed E-state index contributed by atoms with van der Waals surface area (Å²) in [4.78, 5) is 12.4. The highest BCUT2D eigenvalue weighted by atomic mass is 32.2. The van der Waals surface area contributed by atoms with Gasteiger partial charge in [-0.25, -0.2) is 12.8 Å². The van der Waals surface area contributed by atoms with Crippen molar-refractivity contribution >= 4 is 32.4 Å². The van der Waals surface area contributed by atoms with Crippen LogP contribution in [0.15, 0.2) is 66.7 Å². The van der Waals surface area contributed by atoms with Gasteiger partial charge in [0, 0.05) is 11.9 Å². The minimum absolute atomic E-state index is 0.281. The lowest BCUT2D eigenvalue weighted by Gasteiger charge is -2.23. The Balaban J connectivity index is 1.64. The van der Waals surface area contributed by atoms with Crippen LogP contribution in [0.3, 0.4) is 0 Å². The average molecular weight is 415 g/mol. The van der Waals surface area contributed by atoms with Gasteiger partial charge in [0.25, 0.3) is 0 Å². The zero-order valence-electron chi connectivity index (χ0n) is 16.1.